The fourth-order valence-corrected chi connectivity index (χ4v) is 3.22. The zero-order chi connectivity index (χ0) is 15.0. The maximum absolute atomic E-state index is 13.6. The van der Waals surface area contributed by atoms with Gasteiger partial charge in [-0.05, 0) is 53.4 Å². The van der Waals surface area contributed by atoms with Crippen LogP contribution in [0.3, 0.4) is 0 Å². The Hall–Kier alpha value is -1.13. The van der Waals surface area contributed by atoms with E-state index < -0.39 is 0 Å². The second kappa shape index (κ2) is 5.93. The van der Waals surface area contributed by atoms with Crippen molar-refractivity contribution in [3.05, 3.63) is 69.0 Å². The summed E-state index contributed by atoms with van der Waals surface area (Å²) in [5.41, 5.74) is 2.82. The normalized spacial score (nSPS) is 21.1. The number of fused-ring (bicyclic) bond motifs is 1. The lowest BCUT2D eigenvalue weighted by atomic mass is 9.87. The molecule has 2 N–H and O–H groups in total. The maximum atomic E-state index is 13.6. The predicted molar refractivity (Wildman–Crippen MR) is 82.4 cm³/mol. The lowest BCUT2D eigenvalue weighted by molar-refractivity contribution is 0.229. The van der Waals surface area contributed by atoms with Crippen molar-refractivity contribution in [2.45, 2.75) is 18.5 Å². The van der Waals surface area contributed by atoms with Gasteiger partial charge in [0.1, 0.15) is 5.82 Å². The third kappa shape index (κ3) is 3.06. The first-order valence-corrected chi connectivity index (χ1v) is 7.43. The first-order chi connectivity index (χ1) is 10.1. The summed E-state index contributed by atoms with van der Waals surface area (Å²) in [6, 6.07) is 9.80. The van der Waals surface area contributed by atoms with E-state index >= 15 is 0 Å². The van der Waals surface area contributed by atoms with Crippen molar-refractivity contribution in [2.24, 2.45) is 0 Å². The molecule has 3 rings (SSSR count). The molecule has 0 fully saturated rings. The molecule has 1 heterocycles. The molecule has 0 spiro atoms. The number of halogens is 3. The number of rotatable bonds is 2. The van der Waals surface area contributed by atoms with Gasteiger partial charge in [0.2, 0.25) is 0 Å². The van der Waals surface area contributed by atoms with Crippen LogP contribution in [0.5, 0.6) is 0 Å². The van der Waals surface area contributed by atoms with E-state index in [0.717, 1.165) is 16.7 Å². The molecule has 0 aliphatic carbocycles. The molecule has 5 heteroatoms. The van der Waals surface area contributed by atoms with Crippen molar-refractivity contribution in [1.29, 1.82) is 0 Å². The molecule has 21 heavy (non-hydrogen) atoms. The molecule has 0 amide bonds. The van der Waals surface area contributed by atoms with E-state index in [0.29, 0.717) is 16.5 Å². The van der Waals surface area contributed by atoms with Crippen LogP contribution in [-0.2, 0) is 6.42 Å². The number of aliphatic hydroxyl groups excluding tert-OH is 1. The van der Waals surface area contributed by atoms with Gasteiger partial charge in [-0.3, -0.25) is 0 Å². The molecule has 2 aromatic rings. The monoisotopic (exact) mass is 325 g/mol. The third-order valence-electron chi connectivity index (χ3n) is 3.73. The molecule has 0 bridgehead atoms. The minimum atomic E-state index is -0.381. The van der Waals surface area contributed by atoms with Crippen molar-refractivity contribution in [3.8, 4) is 0 Å². The van der Waals surface area contributed by atoms with E-state index in [4.69, 9.17) is 23.2 Å². The van der Waals surface area contributed by atoms with E-state index in [9.17, 15) is 9.50 Å². The van der Waals surface area contributed by atoms with Gasteiger partial charge in [0.15, 0.2) is 0 Å². The van der Waals surface area contributed by atoms with Crippen molar-refractivity contribution in [1.82, 2.24) is 5.32 Å². The summed E-state index contributed by atoms with van der Waals surface area (Å²) in [7, 11) is 0. The average Bonchev–Trinajstić information content (AvgIpc) is 2.45. The van der Waals surface area contributed by atoms with Crippen LogP contribution in [0.1, 0.15) is 22.7 Å². The molecule has 1 aliphatic rings. The van der Waals surface area contributed by atoms with Gasteiger partial charge in [-0.15, -0.1) is 0 Å². The fraction of sp³-hybridized carbons (Fsp3) is 0.250. The molecule has 0 saturated heterocycles. The molecule has 0 saturated carbocycles. The van der Waals surface area contributed by atoms with Gasteiger partial charge in [-0.25, -0.2) is 4.39 Å². The molecule has 0 aromatic heterocycles. The number of hydrogen-bond acceptors (Lipinski definition) is 2. The van der Waals surface area contributed by atoms with Crippen LogP contribution < -0.4 is 5.32 Å². The largest absolute Gasteiger partial charge is 0.395 e. The first-order valence-electron chi connectivity index (χ1n) is 6.68. The molecule has 110 valence electrons. The molecule has 0 radical (unpaired) electrons. The predicted octanol–water partition coefficient (Wildman–Crippen LogP) is 3.73. The molecular formula is C16H14Cl2FNO. The highest BCUT2D eigenvalue weighted by atomic mass is 35.5. The molecule has 2 atom stereocenters. The van der Waals surface area contributed by atoms with Crippen LogP contribution in [0.25, 0.3) is 0 Å². The van der Waals surface area contributed by atoms with E-state index in [1.54, 1.807) is 6.07 Å². The van der Waals surface area contributed by atoms with Gasteiger partial charge >= 0.3 is 0 Å². The Bertz CT molecular complexity index is 657. The number of hydrogen-bond donors (Lipinski definition) is 2. The van der Waals surface area contributed by atoms with Crippen molar-refractivity contribution >= 4 is 23.2 Å². The Morgan fingerprint density at radius 1 is 1.14 bits per heavy atom. The number of nitrogens with one attached hydrogen (secondary N) is 1. The fourth-order valence-electron chi connectivity index (χ4n) is 2.81. The summed E-state index contributed by atoms with van der Waals surface area (Å²) in [6.45, 7) is 0.0155. The molecular weight excluding hydrogens is 312 g/mol. The Morgan fingerprint density at radius 2 is 1.95 bits per heavy atom. The third-order valence-corrected chi connectivity index (χ3v) is 4.18. The molecule has 1 aliphatic heterocycles. The van der Waals surface area contributed by atoms with Gasteiger partial charge in [-0.2, -0.15) is 0 Å². The van der Waals surface area contributed by atoms with Crippen molar-refractivity contribution < 1.29 is 9.50 Å². The maximum Gasteiger partial charge on any atom is 0.125 e. The number of aliphatic hydroxyl groups is 1. The van der Waals surface area contributed by atoms with Gasteiger partial charge in [-0.1, -0.05) is 29.3 Å². The quantitative estimate of drug-likeness (QED) is 0.881. The smallest absolute Gasteiger partial charge is 0.125 e. The van der Waals surface area contributed by atoms with E-state index in [1.807, 2.05) is 18.2 Å². The van der Waals surface area contributed by atoms with E-state index in [2.05, 4.69) is 5.32 Å². The zero-order valence-corrected chi connectivity index (χ0v) is 12.6. The van der Waals surface area contributed by atoms with Crippen molar-refractivity contribution in [3.63, 3.8) is 0 Å². The van der Waals surface area contributed by atoms with Gasteiger partial charge < -0.3 is 10.4 Å². The number of benzene rings is 2. The lowest BCUT2D eigenvalue weighted by Gasteiger charge is -2.33. The van der Waals surface area contributed by atoms with Gasteiger partial charge in [0, 0.05) is 16.1 Å². The van der Waals surface area contributed by atoms with Gasteiger partial charge in [0.05, 0.1) is 12.6 Å². The second-order valence-electron chi connectivity index (χ2n) is 5.23. The molecule has 2 aromatic carbocycles. The van der Waals surface area contributed by atoms with Crippen LogP contribution in [0, 0.1) is 5.82 Å². The van der Waals surface area contributed by atoms with E-state index in [-0.39, 0.29) is 24.5 Å². The Labute approximate surface area is 132 Å². The van der Waals surface area contributed by atoms with Crippen LogP contribution in [0.2, 0.25) is 10.0 Å². The SMILES string of the molecule is OC[C@@H]1Cc2ccc(Cl)cc2[C@H](c2cc(F)cc(Cl)c2)N1. The summed E-state index contributed by atoms with van der Waals surface area (Å²) in [4.78, 5) is 0. The highest BCUT2D eigenvalue weighted by molar-refractivity contribution is 6.31. The summed E-state index contributed by atoms with van der Waals surface area (Å²) < 4.78 is 13.6. The highest BCUT2D eigenvalue weighted by Crippen LogP contribution is 2.33. The summed E-state index contributed by atoms with van der Waals surface area (Å²) in [6.07, 6.45) is 0.711. The summed E-state index contributed by atoms with van der Waals surface area (Å²) in [5, 5.41) is 13.8. The Kier molecular flexibility index (Phi) is 4.18. The minimum absolute atomic E-state index is 0.0155. The topological polar surface area (TPSA) is 32.3 Å². The average molecular weight is 326 g/mol. The minimum Gasteiger partial charge on any atom is -0.395 e. The lowest BCUT2D eigenvalue weighted by Crippen LogP contribution is -2.42. The van der Waals surface area contributed by atoms with Crippen LogP contribution in [0.4, 0.5) is 4.39 Å². The summed E-state index contributed by atoms with van der Waals surface area (Å²) in [5.74, 6) is -0.381. The van der Waals surface area contributed by atoms with Crippen LogP contribution in [-0.4, -0.2) is 17.8 Å². The second-order valence-corrected chi connectivity index (χ2v) is 6.10. The summed E-state index contributed by atoms with van der Waals surface area (Å²) >= 11 is 12.0. The van der Waals surface area contributed by atoms with Gasteiger partial charge in [0.25, 0.3) is 0 Å². The standard InChI is InChI=1S/C16H14Cl2FNO/c17-11-2-1-9-5-14(8-21)20-16(15(9)7-11)10-3-12(18)6-13(19)4-10/h1-4,6-7,14,16,20-21H,5,8H2/t14-,16-/m0/s1. The van der Waals surface area contributed by atoms with Crippen LogP contribution in [0.15, 0.2) is 36.4 Å². The van der Waals surface area contributed by atoms with E-state index in [1.165, 1.54) is 12.1 Å². The first kappa shape index (κ1) is 14.8. The van der Waals surface area contributed by atoms with Crippen LogP contribution >= 0.6 is 23.2 Å². The Morgan fingerprint density at radius 3 is 2.67 bits per heavy atom. The Balaban J connectivity index is 2.10. The zero-order valence-electron chi connectivity index (χ0n) is 11.1. The molecule has 2 nitrogen and oxygen atoms in total. The molecule has 0 unspecified atom stereocenters. The highest BCUT2D eigenvalue weighted by Gasteiger charge is 2.27. The van der Waals surface area contributed by atoms with Crippen molar-refractivity contribution in [2.75, 3.05) is 6.61 Å².